The fraction of sp³-hybridized carbons (Fsp3) is 0.611. The summed E-state index contributed by atoms with van der Waals surface area (Å²) in [5.74, 6) is -1.04. The van der Waals surface area contributed by atoms with Crippen molar-refractivity contribution in [3.63, 3.8) is 0 Å². The Labute approximate surface area is 368 Å². The van der Waals surface area contributed by atoms with Crippen LogP contribution in [0.2, 0.25) is 0 Å². The fourth-order valence-electron chi connectivity index (χ4n) is 6.05. The molecule has 0 N–H and O–H groups in total. The molecule has 0 heterocycles. The Morgan fingerprint density at radius 3 is 1.32 bits per heavy atom. The Morgan fingerprint density at radius 1 is 0.367 bits per heavy atom. The molecule has 60 heavy (non-hydrogen) atoms. The van der Waals surface area contributed by atoms with Gasteiger partial charge < -0.3 is 14.2 Å². The number of ether oxygens (including phenoxy) is 3. The number of allylic oxidation sites excluding steroid dienone is 18. The summed E-state index contributed by atoms with van der Waals surface area (Å²) >= 11 is 0. The summed E-state index contributed by atoms with van der Waals surface area (Å²) < 4.78 is 16.6. The van der Waals surface area contributed by atoms with Crippen LogP contribution in [-0.4, -0.2) is 37.2 Å². The van der Waals surface area contributed by atoms with Crippen LogP contribution in [0.25, 0.3) is 0 Å². The van der Waals surface area contributed by atoms with Crippen LogP contribution in [0, 0.1) is 0 Å². The Hall–Kier alpha value is -3.93. The molecule has 0 rings (SSSR count). The molecule has 1 atom stereocenters. The van der Waals surface area contributed by atoms with Gasteiger partial charge in [-0.15, -0.1) is 0 Å². The second kappa shape index (κ2) is 47.7. The number of carbonyl (C=O) groups excluding carboxylic acids is 3. The normalized spacial score (nSPS) is 13.1. The first-order chi connectivity index (χ1) is 29.5. The number of rotatable bonds is 41. The highest BCUT2D eigenvalue weighted by Gasteiger charge is 2.19. The third-order valence-corrected chi connectivity index (χ3v) is 9.60. The van der Waals surface area contributed by atoms with E-state index in [1.54, 1.807) is 0 Å². The van der Waals surface area contributed by atoms with Gasteiger partial charge in [-0.1, -0.05) is 194 Å². The van der Waals surface area contributed by atoms with Gasteiger partial charge in [0, 0.05) is 19.3 Å². The van der Waals surface area contributed by atoms with Crippen LogP contribution < -0.4 is 0 Å². The molecule has 6 nitrogen and oxygen atoms in total. The SMILES string of the molecule is CC\C=C/C=C\C=C/C=C\CCCCCCCC(=O)OCC(COC(=O)CC/C=C\C/C=C\CCCCCCCC)OC(=O)CCCCCC/C=C\C/C=C\C/C=C\CC. The molecule has 0 amide bonds. The average Bonchev–Trinajstić information content (AvgIpc) is 3.24. The van der Waals surface area contributed by atoms with Crippen molar-refractivity contribution in [3.05, 3.63) is 109 Å². The van der Waals surface area contributed by atoms with E-state index < -0.39 is 6.10 Å². The van der Waals surface area contributed by atoms with Gasteiger partial charge in [-0.2, -0.15) is 0 Å². The number of hydrogen-bond donors (Lipinski definition) is 0. The molecule has 0 saturated carbocycles. The van der Waals surface area contributed by atoms with Gasteiger partial charge in [-0.3, -0.25) is 14.4 Å². The first kappa shape index (κ1) is 56.1. The predicted octanol–water partition coefficient (Wildman–Crippen LogP) is 15.6. The van der Waals surface area contributed by atoms with Crippen molar-refractivity contribution in [1.29, 1.82) is 0 Å². The van der Waals surface area contributed by atoms with Crippen LogP contribution in [0.4, 0.5) is 0 Å². The third kappa shape index (κ3) is 45.2. The van der Waals surface area contributed by atoms with Crippen LogP contribution in [-0.2, 0) is 28.6 Å². The number of esters is 3. The predicted molar refractivity (Wildman–Crippen MR) is 256 cm³/mol. The molecule has 1 unspecified atom stereocenters. The first-order valence-corrected chi connectivity index (χ1v) is 23.9. The smallest absolute Gasteiger partial charge is 0.306 e. The second-order valence-electron chi connectivity index (χ2n) is 15.3. The van der Waals surface area contributed by atoms with Gasteiger partial charge in [-0.05, 0) is 89.9 Å². The maximum Gasteiger partial charge on any atom is 0.306 e. The first-order valence-electron chi connectivity index (χ1n) is 23.9. The summed E-state index contributed by atoms with van der Waals surface area (Å²) in [4.78, 5) is 37.8. The zero-order valence-corrected chi connectivity index (χ0v) is 38.4. The minimum Gasteiger partial charge on any atom is -0.462 e. The molecule has 0 fully saturated rings. The van der Waals surface area contributed by atoms with Crippen molar-refractivity contribution in [2.45, 2.75) is 200 Å². The largest absolute Gasteiger partial charge is 0.462 e. The van der Waals surface area contributed by atoms with E-state index in [2.05, 4.69) is 99.8 Å². The molecule has 0 aromatic rings. The van der Waals surface area contributed by atoms with Crippen LogP contribution in [0.15, 0.2) is 109 Å². The van der Waals surface area contributed by atoms with Gasteiger partial charge in [0.1, 0.15) is 13.2 Å². The quantitative estimate of drug-likeness (QED) is 0.0201. The molecule has 0 aliphatic rings. The summed E-state index contributed by atoms with van der Waals surface area (Å²) in [5, 5.41) is 0. The van der Waals surface area contributed by atoms with Gasteiger partial charge in [0.15, 0.2) is 6.10 Å². The molecular formula is C54H86O6. The minimum absolute atomic E-state index is 0.119. The van der Waals surface area contributed by atoms with Crippen LogP contribution in [0.5, 0.6) is 0 Å². The maximum atomic E-state index is 12.7. The van der Waals surface area contributed by atoms with E-state index in [-0.39, 0.29) is 44.0 Å². The molecule has 0 aromatic heterocycles. The van der Waals surface area contributed by atoms with Crippen molar-refractivity contribution < 1.29 is 28.6 Å². The van der Waals surface area contributed by atoms with Crippen LogP contribution in [0.1, 0.15) is 194 Å². The zero-order chi connectivity index (χ0) is 43.7. The van der Waals surface area contributed by atoms with Gasteiger partial charge in [0.2, 0.25) is 0 Å². The summed E-state index contributed by atoms with van der Waals surface area (Å²) in [6.45, 7) is 6.26. The standard InChI is InChI=1S/C54H86O6/c1-4-7-10-13-16-19-22-25-27-30-32-35-38-41-44-47-53(56)59-50-51(49-58-52(55)46-43-40-37-34-31-28-24-21-18-15-12-9-6-3)60-54(57)48-45-42-39-36-33-29-26-23-20-17-14-11-8-5-2/h7-8,10-11,13,16-17,19-20,22,25-29,31,37,40,51H,4-6,9,12,14-15,18,21,23-24,30,32-36,38-39,41-50H2,1-3H3/b10-7-,11-8-,16-13-,20-17-,22-19-,27-25-,29-26-,31-28-,40-37-. The maximum absolute atomic E-state index is 12.7. The van der Waals surface area contributed by atoms with E-state index in [9.17, 15) is 14.4 Å². The zero-order valence-electron chi connectivity index (χ0n) is 38.4. The molecule has 0 radical (unpaired) electrons. The van der Waals surface area contributed by atoms with E-state index in [1.807, 2.05) is 30.4 Å². The molecular weight excluding hydrogens is 745 g/mol. The Bertz CT molecular complexity index is 1280. The Morgan fingerprint density at radius 2 is 0.767 bits per heavy atom. The molecule has 0 aliphatic heterocycles. The highest BCUT2D eigenvalue weighted by molar-refractivity contribution is 5.71. The molecule has 338 valence electrons. The number of hydrogen-bond acceptors (Lipinski definition) is 6. The summed E-state index contributed by atoms with van der Waals surface area (Å²) in [6.07, 6.45) is 63.6. The lowest BCUT2D eigenvalue weighted by atomic mass is 10.1. The highest BCUT2D eigenvalue weighted by atomic mass is 16.6. The van der Waals surface area contributed by atoms with Crippen LogP contribution in [0.3, 0.4) is 0 Å². The number of unbranched alkanes of at least 4 members (excludes halogenated alkanes) is 15. The van der Waals surface area contributed by atoms with Gasteiger partial charge >= 0.3 is 17.9 Å². The summed E-state index contributed by atoms with van der Waals surface area (Å²) in [5.41, 5.74) is 0. The number of carbonyl (C=O) groups is 3. The van der Waals surface area contributed by atoms with Gasteiger partial charge in [0.25, 0.3) is 0 Å². The van der Waals surface area contributed by atoms with E-state index in [4.69, 9.17) is 14.2 Å². The van der Waals surface area contributed by atoms with E-state index in [0.29, 0.717) is 12.8 Å². The lowest BCUT2D eigenvalue weighted by Gasteiger charge is -2.18. The summed E-state index contributed by atoms with van der Waals surface area (Å²) in [6, 6.07) is 0. The molecule has 0 spiro atoms. The average molecular weight is 831 g/mol. The van der Waals surface area contributed by atoms with Crippen molar-refractivity contribution >= 4 is 17.9 Å². The fourth-order valence-corrected chi connectivity index (χ4v) is 6.05. The van der Waals surface area contributed by atoms with E-state index in [1.165, 1.54) is 38.5 Å². The van der Waals surface area contributed by atoms with Crippen LogP contribution >= 0.6 is 0 Å². The third-order valence-electron chi connectivity index (χ3n) is 9.60. The second-order valence-corrected chi connectivity index (χ2v) is 15.3. The molecule has 0 aliphatic carbocycles. The van der Waals surface area contributed by atoms with Crippen molar-refractivity contribution in [2.24, 2.45) is 0 Å². The molecule has 0 bridgehead atoms. The molecule has 0 saturated heterocycles. The van der Waals surface area contributed by atoms with E-state index >= 15 is 0 Å². The van der Waals surface area contributed by atoms with Crippen molar-refractivity contribution in [3.8, 4) is 0 Å². The monoisotopic (exact) mass is 831 g/mol. The lowest BCUT2D eigenvalue weighted by Crippen LogP contribution is -2.30. The summed E-state index contributed by atoms with van der Waals surface area (Å²) in [7, 11) is 0. The highest BCUT2D eigenvalue weighted by Crippen LogP contribution is 2.12. The lowest BCUT2D eigenvalue weighted by molar-refractivity contribution is -0.166. The van der Waals surface area contributed by atoms with Crippen molar-refractivity contribution in [2.75, 3.05) is 13.2 Å². The van der Waals surface area contributed by atoms with Crippen molar-refractivity contribution in [1.82, 2.24) is 0 Å². The van der Waals surface area contributed by atoms with E-state index in [0.717, 1.165) is 109 Å². The molecule has 0 aromatic carbocycles. The Balaban J connectivity index is 4.56. The molecule has 6 heteroatoms. The topological polar surface area (TPSA) is 78.9 Å². The Kier molecular flexibility index (Phi) is 44.6. The van der Waals surface area contributed by atoms with Gasteiger partial charge in [-0.25, -0.2) is 0 Å². The van der Waals surface area contributed by atoms with Gasteiger partial charge in [0.05, 0.1) is 0 Å². The minimum atomic E-state index is -0.823.